The van der Waals surface area contributed by atoms with E-state index in [0.717, 1.165) is 81.1 Å². The molecule has 0 radical (unpaired) electrons. The molecular weight excluding hydrogens is 490 g/mol. The zero-order valence-corrected chi connectivity index (χ0v) is 22.9. The number of piperazine rings is 1. The van der Waals surface area contributed by atoms with Gasteiger partial charge in [0.25, 0.3) is 5.56 Å². The second-order valence-corrected chi connectivity index (χ2v) is 12.2. The molecule has 7 rings (SSSR count). The van der Waals surface area contributed by atoms with Crippen LogP contribution in [0.4, 0.5) is 5.95 Å². The predicted molar refractivity (Wildman–Crippen MR) is 154 cm³/mol. The highest BCUT2D eigenvalue weighted by Gasteiger charge is 2.27. The molecule has 2 aromatic heterocycles. The maximum Gasteiger partial charge on any atom is 0.260 e. The first kappa shape index (κ1) is 25.4. The van der Waals surface area contributed by atoms with Crippen molar-refractivity contribution in [1.29, 1.82) is 0 Å². The molecule has 2 aliphatic carbocycles. The Morgan fingerprint density at radius 1 is 0.872 bits per heavy atom. The highest BCUT2D eigenvalue weighted by atomic mass is 16.3. The first-order chi connectivity index (χ1) is 19.1. The van der Waals surface area contributed by atoms with Gasteiger partial charge in [-0.3, -0.25) is 14.3 Å². The minimum atomic E-state index is -0.272. The lowest BCUT2D eigenvalue weighted by Gasteiger charge is -2.39. The number of hydrogen-bond acceptors (Lipinski definition) is 8. The molecule has 0 unspecified atom stereocenters. The summed E-state index contributed by atoms with van der Waals surface area (Å²) in [5.41, 5.74) is 1.93. The average molecular weight is 532 g/mol. The molecule has 2 saturated heterocycles. The van der Waals surface area contributed by atoms with E-state index in [1.807, 2.05) is 10.8 Å². The second-order valence-electron chi connectivity index (χ2n) is 12.2. The fourth-order valence-corrected chi connectivity index (χ4v) is 6.79. The number of hydrazine groups is 1. The predicted octanol–water partition coefficient (Wildman–Crippen LogP) is 3.37. The van der Waals surface area contributed by atoms with Gasteiger partial charge in [-0.1, -0.05) is 12.1 Å². The van der Waals surface area contributed by atoms with Gasteiger partial charge in [0.2, 0.25) is 5.95 Å². The van der Waals surface area contributed by atoms with Gasteiger partial charge in [-0.25, -0.2) is 15.0 Å². The number of benzene rings is 1. The van der Waals surface area contributed by atoms with Gasteiger partial charge in [-0.15, -0.1) is 0 Å². The number of aliphatic hydroxyl groups excluding tert-OH is 1. The number of pyridine rings is 1. The molecule has 1 aromatic carbocycles. The molecule has 2 N–H and O–H groups in total. The van der Waals surface area contributed by atoms with E-state index in [-0.39, 0.29) is 17.7 Å². The van der Waals surface area contributed by atoms with E-state index in [0.29, 0.717) is 17.5 Å². The smallest absolute Gasteiger partial charge is 0.260 e. The van der Waals surface area contributed by atoms with Gasteiger partial charge in [-0.05, 0) is 74.3 Å². The van der Waals surface area contributed by atoms with E-state index in [1.165, 1.54) is 44.3 Å². The first-order valence-corrected chi connectivity index (χ1v) is 15.1. The van der Waals surface area contributed by atoms with E-state index in [4.69, 9.17) is 4.98 Å². The summed E-state index contributed by atoms with van der Waals surface area (Å²) >= 11 is 0. The van der Waals surface area contributed by atoms with Crippen molar-refractivity contribution in [2.24, 2.45) is 5.92 Å². The van der Waals surface area contributed by atoms with E-state index in [2.05, 4.69) is 43.4 Å². The van der Waals surface area contributed by atoms with Crippen molar-refractivity contribution in [2.45, 2.75) is 70.1 Å². The quantitative estimate of drug-likeness (QED) is 0.449. The standard InChI is InChI=1S/C30H41N7O2/c38-24-8-6-23(7-9-24)37-28-27(19-32-30(33-28)31-18-21-3-4-21)25-10-5-22(17-26(25)29(37)39)20-34-13-15-36(16-14-34)35-11-1-2-12-35/h5,10,17,19,21,23-24,38H,1-4,6-9,11-16,18,20H2,(H,31,32,33). The highest BCUT2D eigenvalue weighted by molar-refractivity contribution is 6.04. The zero-order chi connectivity index (χ0) is 26.3. The first-order valence-electron chi connectivity index (χ1n) is 15.1. The number of aliphatic hydroxyl groups is 1. The number of nitrogens with one attached hydrogen (secondary N) is 1. The van der Waals surface area contributed by atoms with Crippen molar-refractivity contribution in [1.82, 2.24) is 29.5 Å². The fraction of sp³-hybridized carbons (Fsp3) is 0.633. The summed E-state index contributed by atoms with van der Waals surface area (Å²) in [7, 11) is 0. The summed E-state index contributed by atoms with van der Waals surface area (Å²) in [5.74, 6) is 1.31. The molecule has 9 nitrogen and oxygen atoms in total. The third-order valence-corrected chi connectivity index (χ3v) is 9.33. The van der Waals surface area contributed by atoms with Gasteiger partial charge >= 0.3 is 0 Å². The Morgan fingerprint density at radius 2 is 1.62 bits per heavy atom. The van der Waals surface area contributed by atoms with Crippen molar-refractivity contribution < 1.29 is 5.11 Å². The minimum Gasteiger partial charge on any atom is -0.393 e. The molecule has 39 heavy (non-hydrogen) atoms. The monoisotopic (exact) mass is 531 g/mol. The maximum atomic E-state index is 14.1. The third kappa shape index (κ3) is 5.29. The zero-order valence-electron chi connectivity index (χ0n) is 22.9. The molecule has 2 saturated carbocycles. The molecule has 3 aromatic rings. The normalized spacial score (nSPS) is 25.6. The summed E-state index contributed by atoms with van der Waals surface area (Å²) in [6.07, 6.45) is 9.79. The number of hydrogen-bond donors (Lipinski definition) is 2. The number of aromatic nitrogens is 3. The summed E-state index contributed by atoms with van der Waals surface area (Å²) in [4.78, 5) is 26.2. The summed E-state index contributed by atoms with van der Waals surface area (Å²) < 4.78 is 1.92. The molecule has 4 fully saturated rings. The Morgan fingerprint density at radius 3 is 2.36 bits per heavy atom. The molecule has 4 aliphatic rings. The van der Waals surface area contributed by atoms with Gasteiger partial charge < -0.3 is 10.4 Å². The molecule has 2 aliphatic heterocycles. The SMILES string of the molecule is O=c1c2cc(CN3CCN(N4CCCC4)CC3)ccc2c2cnc(NCC3CC3)nc2n1C1CCC(O)CC1. The summed E-state index contributed by atoms with van der Waals surface area (Å²) in [6, 6.07) is 6.43. The van der Waals surface area contributed by atoms with Crippen molar-refractivity contribution >= 4 is 27.8 Å². The second kappa shape index (κ2) is 10.8. The van der Waals surface area contributed by atoms with Crippen molar-refractivity contribution in [3.8, 4) is 0 Å². The lowest BCUT2D eigenvalue weighted by atomic mass is 9.92. The van der Waals surface area contributed by atoms with Crippen LogP contribution in [-0.4, -0.2) is 86.5 Å². The molecule has 0 amide bonds. The summed E-state index contributed by atoms with van der Waals surface area (Å²) in [6.45, 7) is 8.39. The van der Waals surface area contributed by atoms with E-state index >= 15 is 0 Å². The Hall–Kier alpha value is -2.59. The van der Waals surface area contributed by atoms with Gasteiger partial charge in [0.15, 0.2) is 0 Å². The van der Waals surface area contributed by atoms with Crippen molar-refractivity contribution in [3.05, 3.63) is 40.3 Å². The maximum absolute atomic E-state index is 14.1. The van der Waals surface area contributed by atoms with Crippen LogP contribution in [0.2, 0.25) is 0 Å². The number of fused-ring (bicyclic) bond motifs is 3. The number of anilines is 1. The van der Waals surface area contributed by atoms with E-state index in [9.17, 15) is 9.90 Å². The van der Waals surface area contributed by atoms with Crippen molar-refractivity contribution in [2.75, 3.05) is 51.1 Å². The fourth-order valence-electron chi connectivity index (χ4n) is 6.79. The number of rotatable bonds is 7. The lowest BCUT2D eigenvalue weighted by molar-refractivity contribution is -0.0418. The van der Waals surface area contributed by atoms with Crippen molar-refractivity contribution in [3.63, 3.8) is 0 Å². The van der Waals surface area contributed by atoms with Crippen LogP contribution in [0.25, 0.3) is 21.8 Å². The molecule has 4 heterocycles. The van der Waals surface area contributed by atoms with Crippen LogP contribution in [-0.2, 0) is 6.54 Å². The largest absolute Gasteiger partial charge is 0.393 e. The third-order valence-electron chi connectivity index (χ3n) is 9.33. The van der Waals surface area contributed by atoms with Gasteiger partial charge in [0, 0.05) is 75.4 Å². The molecule has 208 valence electrons. The molecule has 9 heteroatoms. The minimum absolute atomic E-state index is 0.0337. The topological polar surface area (TPSA) is 89.8 Å². The lowest BCUT2D eigenvalue weighted by Crippen LogP contribution is -2.52. The molecule has 0 spiro atoms. The van der Waals surface area contributed by atoms with Gasteiger partial charge in [0.1, 0.15) is 5.65 Å². The van der Waals surface area contributed by atoms with Crippen LogP contribution in [0.3, 0.4) is 0 Å². The van der Waals surface area contributed by atoms with Crippen LogP contribution in [0.1, 0.15) is 63.0 Å². The molecule has 0 bridgehead atoms. The molecule has 0 atom stereocenters. The highest BCUT2D eigenvalue weighted by Crippen LogP contribution is 2.33. The van der Waals surface area contributed by atoms with E-state index in [1.54, 1.807) is 0 Å². The number of nitrogens with zero attached hydrogens (tertiary/aromatic N) is 6. The Balaban J connectivity index is 1.19. The van der Waals surface area contributed by atoms with Crippen LogP contribution in [0, 0.1) is 5.92 Å². The molecular formula is C30H41N7O2. The van der Waals surface area contributed by atoms with Crippen LogP contribution in [0.5, 0.6) is 0 Å². The van der Waals surface area contributed by atoms with Crippen LogP contribution >= 0.6 is 0 Å². The Labute approximate surface area is 229 Å². The van der Waals surface area contributed by atoms with Gasteiger partial charge in [0.05, 0.1) is 6.10 Å². The average Bonchev–Trinajstić information content (AvgIpc) is 3.64. The Kier molecular flexibility index (Phi) is 7.01. The summed E-state index contributed by atoms with van der Waals surface area (Å²) in [5, 5.41) is 21.2. The van der Waals surface area contributed by atoms with Crippen LogP contribution in [0.15, 0.2) is 29.2 Å². The van der Waals surface area contributed by atoms with Gasteiger partial charge in [-0.2, -0.15) is 4.98 Å². The van der Waals surface area contributed by atoms with E-state index < -0.39 is 0 Å². The van der Waals surface area contributed by atoms with Crippen LogP contribution < -0.4 is 10.9 Å². The Bertz CT molecular complexity index is 1380.